The minimum absolute atomic E-state index is 0.224. The number of ether oxygens (including phenoxy) is 1. The Kier molecular flexibility index (Phi) is 2.93. The van der Waals surface area contributed by atoms with E-state index in [1.165, 1.54) is 6.26 Å². The summed E-state index contributed by atoms with van der Waals surface area (Å²) in [6.07, 6.45) is 5.66. The molecule has 2 heterocycles. The van der Waals surface area contributed by atoms with Gasteiger partial charge in [0.15, 0.2) is 0 Å². The molecule has 0 unspecified atom stereocenters. The van der Waals surface area contributed by atoms with Crippen LogP contribution in [0.15, 0.2) is 23.6 Å². The summed E-state index contributed by atoms with van der Waals surface area (Å²) in [4.78, 5) is 2.19. The highest BCUT2D eigenvalue weighted by molar-refractivity contribution is 5.41. The molecule has 0 radical (unpaired) electrons. The van der Waals surface area contributed by atoms with Crippen molar-refractivity contribution in [3.8, 4) is 6.07 Å². The quantitative estimate of drug-likeness (QED) is 0.685. The average Bonchev–Trinajstić information content (AvgIpc) is 2.29. The number of allylic oxidation sites excluding steroid dienone is 1. The molecule has 0 saturated carbocycles. The standard InChI is InChI=1S/C11H15N3O/c12-6-9-8-15-5-3-11(9)14-4-1-2-10(13)7-14/h3,8,10H,1-2,4-5,7,13H2/t10-/m1/s1. The van der Waals surface area contributed by atoms with Crippen molar-refractivity contribution in [3.63, 3.8) is 0 Å². The summed E-state index contributed by atoms with van der Waals surface area (Å²) in [5.41, 5.74) is 7.51. The Balaban J connectivity index is 2.12. The Labute approximate surface area is 89.6 Å². The Bertz CT molecular complexity index is 340. The van der Waals surface area contributed by atoms with E-state index >= 15 is 0 Å². The van der Waals surface area contributed by atoms with Crippen LogP contribution in [0.4, 0.5) is 0 Å². The van der Waals surface area contributed by atoms with Crippen LogP contribution in [0.5, 0.6) is 0 Å². The first kappa shape index (κ1) is 10.1. The Morgan fingerprint density at radius 3 is 3.20 bits per heavy atom. The molecule has 2 aliphatic rings. The molecule has 2 aliphatic heterocycles. The highest BCUT2D eigenvalue weighted by atomic mass is 16.5. The zero-order chi connectivity index (χ0) is 10.7. The third-order valence-electron chi connectivity index (χ3n) is 2.77. The molecule has 1 saturated heterocycles. The fourth-order valence-corrected chi connectivity index (χ4v) is 2.04. The number of hydrogen-bond donors (Lipinski definition) is 1. The molecule has 4 heteroatoms. The molecule has 80 valence electrons. The number of hydrogen-bond acceptors (Lipinski definition) is 4. The van der Waals surface area contributed by atoms with Crippen molar-refractivity contribution < 1.29 is 4.74 Å². The summed E-state index contributed by atoms with van der Waals surface area (Å²) in [7, 11) is 0. The maximum absolute atomic E-state index is 8.96. The van der Waals surface area contributed by atoms with Gasteiger partial charge in [0.2, 0.25) is 0 Å². The molecule has 1 atom stereocenters. The summed E-state index contributed by atoms with van der Waals surface area (Å²) >= 11 is 0. The lowest BCUT2D eigenvalue weighted by Gasteiger charge is -2.34. The summed E-state index contributed by atoms with van der Waals surface area (Å²) in [6.45, 7) is 2.37. The minimum Gasteiger partial charge on any atom is -0.496 e. The lowest BCUT2D eigenvalue weighted by molar-refractivity contribution is 0.239. The van der Waals surface area contributed by atoms with Crippen LogP contribution in [0.1, 0.15) is 12.8 Å². The van der Waals surface area contributed by atoms with Gasteiger partial charge >= 0.3 is 0 Å². The number of piperidine rings is 1. The summed E-state index contributed by atoms with van der Waals surface area (Å²) in [5.74, 6) is 0. The van der Waals surface area contributed by atoms with Crippen molar-refractivity contribution in [1.82, 2.24) is 4.90 Å². The molecule has 15 heavy (non-hydrogen) atoms. The van der Waals surface area contributed by atoms with Gasteiger partial charge in [-0.15, -0.1) is 0 Å². The molecule has 0 aromatic rings. The maximum atomic E-state index is 8.96. The first-order valence-corrected chi connectivity index (χ1v) is 5.24. The van der Waals surface area contributed by atoms with Crippen molar-refractivity contribution in [3.05, 3.63) is 23.6 Å². The molecule has 0 aliphatic carbocycles. The Morgan fingerprint density at radius 2 is 2.47 bits per heavy atom. The van der Waals surface area contributed by atoms with Crippen molar-refractivity contribution in [2.45, 2.75) is 18.9 Å². The van der Waals surface area contributed by atoms with Gasteiger partial charge in [-0.3, -0.25) is 0 Å². The molecule has 0 spiro atoms. The third-order valence-corrected chi connectivity index (χ3v) is 2.77. The van der Waals surface area contributed by atoms with E-state index in [-0.39, 0.29) is 6.04 Å². The third kappa shape index (κ3) is 2.13. The lowest BCUT2D eigenvalue weighted by Crippen LogP contribution is -2.42. The summed E-state index contributed by atoms with van der Waals surface area (Å²) in [6, 6.07) is 2.38. The summed E-state index contributed by atoms with van der Waals surface area (Å²) < 4.78 is 5.10. The van der Waals surface area contributed by atoms with Gasteiger partial charge in [0.05, 0.1) is 5.70 Å². The van der Waals surface area contributed by atoms with E-state index in [0.717, 1.165) is 31.6 Å². The smallest absolute Gasteiger partial charge is 0.110 e. The number of nitrogens with two attached hydrogens (primary N) is 1. The van der Waals surface area contributed by atoms with Gasteiger partial charge in [-0.25, -0.2) is 0 Å². The first-order valence-electron chi connectivity index (χ1n) is 5.24. The van der Waals surface area contributed by atoms with Crippen LogP contribution in [0.3, 0.4) is 0 Å². The minimum atomic E-state index is 0.224. The van der Waals surface area contributed by atoms with E-state index < -0.39 is 0 Å². The van der Waals surface area contributed by atoms with Gasteiger partial charge in [-0.1, -0.05) is 0 Å². The van der Waals surface area contributed by atoms with Gasteiger partial charge < -0.3 is 15.4 Å². The number of nitrogens with zero attached hydrogens (tertiary/aromatic N) is 2. The van der Waals surface area contributed by atoms with E-state index in [9.17, 15) is 0 Å². The zero-order valence-electron chi connectivity index (χ0n) is 8.65. The molecular weight excluding hydrogens is 190 g/mol. The van der Waals surface area contributed by atoms with Crippen LogP contribution in [0.2, 0.25) is 0 Å². The van der Waals surface area contributed by atoms with E-state index in [1.807, 2.05) is 6.08 Å². The Hall–Kier alpha value is -1.47. The monoisotopic (exact) mass is 205 g/mol. The molecule has 0 amide bonds. The number of rotatable bonds is 1. The second-order valence-corrected chi connectivity index (χ2v) is 3.91. The molecular formula is C11H15N3O. The van der Waals surface area contributed by atoms with Crippen LogP contribution >= 0.6 is 0 Å². The lowest BCUT2D eigenvalue weighted by atomic mass is 10.0. The van der Waals surface area contributed by atoms with Gasteiger partial charge in [0.1, 0.15) is 24.5 Å². The van der Waals surface area contributed by atoms with Crippen LogP contribution < -0.4 is 5.73 Å². The molecule has 0 aromatic heterocycles. The Morgan fingerprint density at radius 1 is 1.60 bits per heavy atom. The van der Waals surface area contributed by atoms with Gasteiger partial charge in [0, 0.05) is 19.1 Å². The molecule has 2 N–H and O–H groups in total. The molecule has 1 fully saturated rings. The normalized spacial score (nSPS) is 26.1. The molecule has 0 bridgehead atoms. The SMILES string of the molecule is N#CC1=COCC=C1N1CCC[C@@H](N)C1. The van der Waals surface area contributed by atoms with Crippen LogP contribution in [0.25, 0.3) is 0 Å². The largest absolute Gasteiger partial charge is 0.496 e. The van der Waals surface area contributed by atoms with Crippen LogP contribution in [-0.4, -0.2) is 30.6 Å². The zero-order valence-corrected chi connectivity index (χ0v) is 8.65. The number of likely N-dealkylation sites (tertiary alicyclic amines) is 1. The van der Waals surface area contributed by atoms with Crippen molar-refractivity contribution in [1.29, 1.82) is 5.26 Å². The highest BCUT2D eigenvalue weighted by Crippen LogP contribution is 2.22. The van der Waals surface area contributed by atoms with E-state index in [0.29, 0.717) is 12.2 Å². The van der Waals surface area contributed by atoms with Crippen LogP contribution in [0, 0.1) is 11.3 Å². The van der Waals surface area contributed by atoms with E-state index in [4.69, 9.17) is 15.7 Å². The molecule has 0 aromatic carbocycles. The first-order chi connectivity index (χ1) is 7.31. The maximum Gasteiger partial charge on any atom is 0.110 e. The van der Waals surface area contributed by atoms with Gasteiger partial charge in [0.25, 0.3) is 0 Å². The predicted molar refractivity (Wildman–Crippen MR) is 56.5 cm³/mol. The summed E-state index contributed by atoms with van der Waals surface area (Å²) in [5, 5.41) is 8.96. The molecule has 2 rings (SSSR count). The van der Waals surface area contributed by atoms with Gasteiger partial charge in [-0.2, -0.15) is 5.26 Å². The van der Waals surface area contributed by atoms with Gasteiger partial charge in [-0.05, 0) is 18.9 Å². The topological polar surface area (TPSA) is 62.3 Å². The van der Waals surface area contributed by atoms with E-state index in [1.54, 1.807) is 0 Å². The second-order valence-electron chi connectivity index (χ2n) is 3.91. The molecule has 4 nitrogen and oxygen atoms in total. The van der Waals surface area contributed by atoms with Crippen LogP contribution in [-0.2, 0) is 4.74 Å². The van der Waals surface area contributed by atoms with E-state index in [2.05, 4.69) is 11.0 Å². The predicted octanol–water partition coefficient (Wildman–Crippen LogP) is 0.731. The van der Waals surface area contributed by atoms with Crippen molar-refractivity contribution >= 4 is 0 Å². The average molecular weight is 205 g/mol. The number of nitriles is 1. The second kappa shape index (κ2) is 4.37. The van der Waals surface area contributed by atoms with Crippen molar-refractivity contribution in [2.24, 2.45) is 5.73 Å². The fraction of sp³-hybridized carbons (Fsp3) is 0.545. The fourth-order valence-electron chi connectivity index (χ4n) is 2.04. The highest BCUT2D eigenvalue weighted by Gasteiger charge is 2.22. The van der Waals surface area contributed by atoms with Crippen molar-refractivity contribution in [2.75, 3.05) is 19.7 Å².